The average Bonchev–Trinajstić information content (AvgIpc) is 2.81. The molecule has 0 unspecified atom stereocenters. The van der Waals surface area contributed by atoms with E-state index in [1.165, 1.54) is 11.6 Å². The second kappa shape index (κ2) is 10.2. The highest BCUT2D eigenvalue weighted by molar-refractivity contribution is 5.92. The van der Waals surface area contributed by atoms with Gasteiger partial charge in [0.1, 0.15) is 0 Å². The summed E-state index contributed by atoms with van der Waals surface area (Å²) in [5.41, 5.74) is 1.86. The lowest BCUT2D eigenvalue weighted by Crippen LogP contribution is -2.44. The summed E-state index contributed by atoms with van der Waals surface area (Å²) in [7, 11) is 4.68. The molecule has 0 saturated carbocycles. The molecule has 2 aromatic carbocycles. The maximum absolute atomic E-state index is 12.6. The summed E-state index contributed by atoms with van der Waals surface area (Å²) < 4.78 is 21.7. The minimum Gasteiger partial charge on any atom is -0.493 e. The van der Waals surface area contributed by atoms with E-state index in [4.69, 9.17) is 18.9 Å². The number of benzene rings is 2. The predicted octanol–water partition coefficient (Wildman–Crippen LogP) is 3.59. The molecule has 6 nitrogen and oxygen atoms in total. The van der Waals surface area contributed by atoms with Crippen LogP contribution in [0.2, 0.25) is 0 Å². The van der Waals surface area contributed by atoms with E-state index in [0.717, 1.165) is 18.4 Å². The molecule has 1 aliphatic rings. The molecule has 6 heteroatoms. The zero-order valence-electron chi connectivity index (χ0n) is 17.8. The van der Waals surface area contributed by atoms with Gasteiger partial charge < -0.3 is 24.3 Å². The van der Waals surface area contributed by atoms with Gasteiger partial charge in [0.15, 0.2) is 11.5 Å². The normalized spacial score (nSPS) is 15.6. The first kappa shape index (κ1) is 21.7. The molecule has 1 N–H and O–H groups in total. The fourth-order valence-electron chi connectivity index (χ4n) is 3.86. The Morgan fingerprint density at radius 1 is 1.00 bits per heavy atom. The summed E-state index contributed by atoms with van der Waals surface area (Å²) in [6.07, 6.45) is 4.99. The van der Waals surface area contributed by atoms with Crippen molar-refractivity contribution in [2.45, 2.75) is 18.3 Å². The number of methoxy groups -OCH3 is 3. The van der Waals surface area contributed by atoms with Gasteiger partial charge in [-0.25, -0.2) is 0 Å². The molecule has 0 bridgehead atoms. The average molecular weight is 411 g/mol. The molecule has 1 heterocycles. The minimum absolute atomic E-state index is 0.107. The van der Waals surface area contributed by atoms with Gasteiger partial charge >= 0.3 is 0 Å². The van der Waals surface area contributed by atoms with Crippen LogP contribution in [0.1, 0.15) is 24.0 Å². The van der Waals surface area contributed by atoms with Crippen molar-refractivity contribution in [2.75, 3.05) is 41.1 Å². The third-order valence-electron chi connectivity index (χ3n) is 5.59. The molecule has 0 spiro atoms. The van der Waals surface area contributed by atoms with Crippen molar-refractivity contribution in [1.82, 2.24) is 5.32 Å². The van der Waals surface area contributed by atoms with Crippen LogP contribution in [0.15, 0.2) is 48.5 Å². The molecule has 160 valence electrons. The first-order valence-corrected chi connectivity index (χ1v) is 10.0. The Labute approximate surface area is 177 Å². The summed E-state index contributed by atoms with van der Waals surface area (Å²) in [6.45, 7) is 1.96. The van der Waals surface area contributed by atoms with Crippen LogP contribution in [0.5, 0.6) is 17.2 Å². The number of ether oxygens (including phenoxy) is 4. The number of carbonyl (C=O) groups excluding carboxylic acids is 1. The van der Waals surface area contributed by atoms with Gasteiger partial charge in [-0.1, -0.05) is 30.3 Å². The molecule has 3 rings (SSSR count). The van der Waals surface area contributed by atoms with Gasteiger partial charge in [-0.2, -0.15) is 0 Å². The summed E-state index contributed by atoms with van der Waals surface area (Å²) in [5.74, 6) is 1.42. The number of amides is 1. The van der Waals surface area contributed by atoms with Crippen molar-refractivity contribution in [2.24, 2.45) is 0 Å². The van der Waals surface area contributed by atoms with Gasteiger partial charge in [0, 0.05) is 36.8 Å². The number of carbonyl (C=O) groups is 1. The second-order valence-corrected chi connectivity index (χ2v) is 7.23. The van der Waals surface area contributed by atoms with Crippen molar-refractivity contribution in [3.05, 3.63) is 59.7 Å². The van der Waals surface area contributed by atoms with Crippen LogP contribution < -0.4 is 19.5 Å². The van der Waals surface area contributed by atoms with Crippen LogP contribution in [-0.4, -0.2) is 47.0 Å². The third kappa shape index (κ3) is 4.76. The summed E-state index contributed by atoms with van der Waals surface area (Å²) in [5, 5.41) is 3.07. The van der Waals surface area contributed by atoms with Gasteiger partial charge in [0.2, 0.25) is 11.7 Å². The maximum atomic E-state index is 12.6. The number of rotatable bonds is 8. The Morgan fingerprint density at radius 3 is 2.33 bits per heavy atom. The van der Waals surface area contributed by atoms with Crippen LogP contribution in [0.3, 0.4) is 0 Å². The Morgan fingerprint density at radius 2 is 1.70 bits per heavy atom. The molecule has 30 heavy (non-hydrogen) atoms. The zero-order valence-corrected chi connectivity index (χ0v) is 17.8. The van der Waals surface area contributed by atoms with Gasteiger partial charge in [0.25, 0.3) is 0 Å². The maximum Gasteiger partial charge on any atom is 0.244 e. The molecule has 0 aliphatic carbocycles. The van der Waals surface area contributed by atoms with Crippen molar-refractivity contribution in [3.8, 4) is 17.2 Å². The van der Waals surface area contributed by atoms with Crippen LogP contribution in [-0.2, 0) is 14.9 Å². The Balaban J connectivity index is 1.73. The van der Waals surface area contributed by atoms with E-state index < -0.39 is 0 Å². The van der Waals surface area contributed by atoms with E-state index in [1.54, 1.807) is 33.5 Å². The SMILES string of the molecule is COc1ccc(/C=C/C(=O)NCC2(c3ccccc3)CCOCC2)c(OC)c1OC. The molecule has 2 aromatic rings. The molecule has 0 aromatic heterocycles. The van der Waals surface area contributed by atoms with E-state index in [9.17, 15) is 4.79 Å². The first-order valence-electron chi connectivity index (χ1n) is 10.0. The van der Waals surface area contributed by atoms with E-state index >= 15 is 0 Å². The molecule has 1 amide bonds. The predicted molar refractivity (Wildman–Crippen MR) is 116 cm³/mol. The van der Waals surface area contributed by atoms with Crippen molar-refractivity contribution in [3.63, 3.8) is 0 Å². The fourth-order valence-corrected chi connectivity index (χ4v) is 3.86. The fraction of sp³-hybridized carbons (Fsp3) is 0.375. The largest absolute Gasteiger partial charge is 0.493 e. The Kier molecular flexibility index (Phi) is 7.36. The van der Waals surface area contributed by atoms with Crippen molar-refractivity contribution in [1.29, 1.82) is 0 Å². The van der Waals surface area contributed by atoms with Crippen LogP contribution in [0.4, 0.5) is 0 Å². The monoisotopic (exact) mass is 411 g/mol. The molecule has 1 fully saturated rings. The quantitative estimate of drug-likeness (QED) is 0.673. The topological polar surface area (TPSA) is 66.0 Å². The lowest BCUT2D eigenvalue weighted by atomic mass is 9.74. The van der Waals surface area contributed by atoms with Gasteiger partial charge in [-0.15, -0.1) is 0 Å². The van der Waals surface area contributed by atoms with E-state index in [-0.39, 0.29) is 11.3 Å². The smallest absolute Gasteiger partial charge is 0.244 e. The highest BCUT2D eigenvalue weighted by atomic mass is 16.5. The Bertz CT molecular complexity index is 873. The van der Waals surface area contributed by atoms with Gasteiger partial charge in [-0.05, 0) is 36.6 Å². The number of hydrogen-bond donors (Lipinski definition) is 1. The van der Waals surface area contributed by atoms with Gasteiger partial charge in [-0.3, -0.25) is 4.79 Å². The van der Waals surface area contributed by atoms with Crippen LogP contribution >= 0.6 is 0 Å². The molecule has 1 aliphatic heterocycles. The highest BCUT2D eigenvalue weighted by Gasteiger charge is 2.34. The van der Waals surface area contributed by atoms with E-state index in [0.29, 0.717) is 37.0 Å². The summed E-state index contributed by atoms with van der Waals surface area (Å²) in [4.78, 5) is 12.6. The van der Waals surface area contributed by atoms with E-state index in [1.807, 2.05) is 24.3 Å². The molecule has 0 radical (unpaired) electrons. The highest BCUT2D eigenvalue weighted by Crippen LogP contribution is 2.40. The van der Waals surface area contributed by atoms with Gasteiger partial charge in [0.05, 0.1) is 21.3 Å². The van der Waals surface area contributed by atoms with Crippen molar-refractivity contribution < 1.29 is 23.7 Å². The van der Waals surface area contributed by atoms with Crippen molar-refractivity contribution >= 4 is 12.0 Å². The van der Waals surface area contributed by atoms with Crippen LogP contribution in [0.25, 0.3) is 6.08 Å². The molecular formula is C24H29NO5. The first-order chi connectivity index (χ1) is 14.6. The van der Waals surface area contributed by atoms with Crippen LogP contribution in [0, 0.1) is 0 Å². The zero-order chi connectivity index (χ0) is 21.4. The molecule has 1 saturated heterocycles. The van der Waals surface area contributed by atoms with E-state index in [2.05, 4.69) is 17.4 Å². The second-order valence-electron chi connectivity index (χ2n) is 7.23. The standard InChI is InChI=1S/C24H29NO5/c1-27-20-11-9-18(22(28-2)23(20)29-3)10-12-21(26)25-17-24(13-15-30-16-14-24)19-7-5-4-6-8-19/h4-12H,13-17H2,1-3H3,(H,25,26)/b12-10+. The third-order valence-corrected chi connectivity index (χ3v) is 5.59. The molecular weight excluding hydrogens is 382 g/mol. The summed E-state index contributed by atoms with van der Waals surface area (Å²) >= 11 is 0. The lowest BCUT2D eigenvalue weighted by Gasteiger charge is -2.37. The lowest BCUT2D eigenvalue weighted by molar-refractivity contribution is -0.116. The summed E-state index contributed by atoms with van der Waals surface area (Å²) in [6, 6.07) is 14.0. The Hall–Kier alpha value is -2.99. The number of nitrogens with one attached hydrogen (secondary N) is 1. The molecule has 0 atom stereocenters. The number of hydrogen-bond acceptors (Lipinski definition) is 5. The minimum atomic E-state index is -0.159.